The quantitative estimate of drug-likeness (QED) is 0.483. The minimum absolute atomic E-state index is 0.0160. The summed E-state index contributed by atoms with van der Waals surface area (Å²) in [5.74, 6) is -0.360. The van der Waals surface area contributed by atoms with Gasteiger partial charge in [0.05, 0.1) is 19.4 Å². The summed E-state index contributed by atoms with van der Waals surface area (Å²) in [6.45, 7) is 4.74. The van der Waals surface area contributed by atoms with E-state index >= 15 is 0 Å². The molecule has 10 nitrogen and oxygen atoms in total. The van der Waals surface area contributed by atoms with Crippen molar-refractivity contribution in [2.24, 2.45) is 16.8 Å². The number of anilines is 1. The second-order valence-electron chi connectivity index (χ2n) is 8.15. The van der Waals surface area contributed by atoms with Crippen molar-refractivity contribution in [1.82, 2.24) is 10.9 Å². The molecule has 2 aromatic carbocycles. The summed E-state index contributed by atoms with van der Waals surface area (Å²) in [6.07, 6.45) is 0.905. The first kappa shape index (κ1) is 24.6. The molecule has 34 heavy (non-hydrogen) atoms. The Morgan fingerprint density at radius 1 is 1.09 bits per heavy atom. The molecule has 2 aromatic rings. The molecule has 0 saturated heterocycles. The fourth-order valence-corrected chi connectivity index (χ4v) is 3.28. The van der Waals surface area contributed by atoms with Crippen LogP contribution in [0.15, 0.2) is 53.6 Å². The van der Waals surface area contributed by atoms with Gasteiger partial charge in [-0.15, -0.1) is 0 Å². The molecular weight excluding hydrogens is 438 g/mol. The molecule has 0 spiro atoms. The summed E-state index contributed by atoms with van der Waals surface area (Å²) < 4.78 is 11.1. The third-order valence-electron chi connectivity index (χ3n) is 5.19. The van der Waals surface area contributed by atoms with Crippen LogP contribution in [0.5, 0.6) is 11.5 Å². The fraction of sp³-hybridized carbons (Fsp3) is 0.333. The van der Waals surface area contributed by atoms with Gasteiger partial charge in [0.15, 0.2) is 11.5 Å². The summed E-state index contributed by atoms with van der Waals surface area (Å²) in [7, 11) is 1.49. The zero-order chi connectivity index (χ0) is 24.7. The Morgan fingerprint density at radius 3 is 2.44 bits per heavy atom. The van der Waals surface area contributed by atoms with Gasteiger partial charge in [0.25, 0.3) is 11.8 Å². The monoisotopic (exact) mass is 467 g/mol. The van der Waals surface area contributed by atoms with Crippen molar-refractivity contribution >= 4 is 29.1 Å². The molecule has 3 rings (SSSR count). The number of nitrogens with one attached hydrogen (secondary N) is 2. The molecule has 1 atom stereocenters. The molecular formula is C24H29N5O5. The maximum atomic E-state index is 12.6. The van der Waals surface area contributed by atoms with Crippen molar-refractivity contribution in [3.63, 3.8) is 0 Å². The van der Waals surface area contributed by atoms with E-state index < -0.39 is 23.8 Å². The standard InChI is InChI=1S/C24H29N5O5/c1-15(2)11-12-34-20-10-9-16(13-21(20)33-3)23(31)26-27-24(32)18-14-19(22(25)30)29(28-18)17-7-5-4-6-8-17/h4-10,13,15,19H,11-12,14H2,1-3H3,(H2,25,30)(H,26,31)(H,27,32). The SMILES string of the molecule is COc1cc(C(=O)NNC(=O)C2=NN(c3ccccc3)C(C(N)=O)C2)ccc1OCCC(C)C. The van der Waals surface area contributed by atoms with Crippen LogP contribution in [0.25, 0.3) is 0 Å². The zero-order valence-electron chi connectivity index (χ0n) is 19.4. The van der Waals surface area contributed by atoms with Crippen LogP contribution in [0.1, 0.15) is 37.0 Å². The molecule has 3 amide bonds. The average molecular weight is 468 g/mol. The number of methoxy groups -OCH3 is 1. The van der Waals surface area contributed by atoms with Gasteiger partial charge in [-0.3, -0.25) is 30.2 Å². The average Bonchev–Trinajstić information content (AvgIpc) is 3.29. The number of nitrogens with zero attached hydrogens (tertiary/aromatic N) is 2. The highest BCUT2D eigenvalue weighted by atomic mass is 16.5. The second-order valence-corrected chi connectivity index (χ2v) is 8.15. The number of hydrogen-bond donors (Lipinski definition) is 3. The topological polar surface area (TPSA) is 135 Å². The molecule has 1 aliphatic rings. The number of rotatable bonds is 9. The lowest BCUT2D eigenvalue weighted by atomic mass is 10.1. The number of hydrogen-bond acceptors (Lipinski definition) is 7. The van der Waals surface area contributed by atoms with Crippen LogP contribution in [-0.4, -0.2) is 43.2 Å². The number of hydrazine groups is 1. The number of carbonyl (C=O) groups is 3. The van der Waals surface area contributed by atoms with Gasteiger partial charge in [0, 0.05) is 12.0 Å². The summed E-state index contributed by atoms with van der Waals surface area (Å²) in [5, 5.41) is 5.65. The first-order valence-corrected chi connectivity index (χ1v) is 10.9. The summed E-state index contributed by atoms with van der Waals surface area (Å²) >= 11 is 0. The van der Waals surface area contributed by atoms with Crippen LogP contribution in [0, 0.1) is 5.92 Å². The normalized spacial score (nSPS) is 15.0. The lowest BCUT2D eigenvalue weighted by Gasteiger charge is -2.20. The van der Waals surface area contributed by atoms with E-state index in [1.807, 2.05) is 6.07 Å². The van der Waals surface area contributed by atoms with Gasteiger partial charge in [0.1, 0.15) is 11.8 Å². The van der Waals surface area contributed by atoms with Gasteiger partial charge in [-0.25, -0.2) is 0 Å². The molecule has 0 bridgehead atoms. The Kier molecular flexibility index (Phi) is 8.07. The van der Waals surface area contributed by atoms with E-state index in [0.717, 1.165) is 6.42 Å². The van der Waals surface area contributed by atoms with Crippen molar-refractivity contribution in [3.05, 3.63) is 54.1 Å². The number of para-hydroxylation sites is 1. The number of primary amides is 1. The molecule has 0 fully saturated rings. The molecule has 0 saturated carbocycles. The minimum atomic E-state index is -0.800. The van der Waals surface area contributed by atoms with Crippen LogP contribution in [-0.2, 0) is 9.59 Å². The number of carbonyl (C=O) groups excluding carboxylic acids is 3. The highest BCUT2D eigenvalue weighted by molar-refractivity contribution is 6.40. The first-order valence-electron chi connectivity index (χ1n) is 10.9. The Bertz CT molecular complexity index is 1070. The molecule has 0 aliphatic carbocycles. The minimum Gasteiger partial charge on any atom is -0.493 e. The summed E-state index contributed by atoms with van der Waals surface area (Å²) in [5.41, 5.74) is 11.1. The lowest BCUT2D eigenvalue weighted by molar-refractivity contribution is -0.119. The molecule has 180 valence electrons. The van der Waals surface area contributed by atoms with E-state index in [0.29, 0.717) is 29.7 Å². The van der Waals surface area contributed by atoms with E-state index in [2.05, 4.69) is 29.8 Å². The van der Waals surface area contributed by atoms with Crippen molar-refractivity contribution in [2.45, 2.75) is 32.7 Å². The van der Waals surface area contributed by atoms with Crippen LogP contribution in [0.3, 0.4) is 0 Å². The Hall–Kier alpha value is -4.08. The zero-order valence-corrected chi connectivity index (χ0v) is 19.4. The molecule has 1 heterocycles. The fourth-order valence-electron chi connectivity index (χ4n) is 3.28. The van der Waals surface area contributed by atoms with Gasteiger partial charge in [-0.2, -0.15) is 5.10 Å². The molecule has 0 radical (unpaired) electrons. The van der Waals surface area contributed by atoms with Crippen molar-refractivity contribution in [3.8, 4) is 11.5 Å². The van der Waals surface area contributed by atoms with Gasteiger partial charge in [0.2, 0.25) is 5.91 Å². The predicted molar refractivity (Wildman–Crippen MR) is 128 cm³/mol. The molecule has 1 aliphatic heterocycles. The second kappa shape index (κ2) is 11.2. The van der Waals surface area contributed by atoms with Crippen molar-refractivity contribution in [1.29, 1.82) is 0 Å². The van der Waals surface area contributed by atoms with Gasteiger partial charge >= 0.3 is 0 Å². The maximum absolute atomic E-state index is 12.6. The Balaban J connectivity index is 1.63. The van der Waals surface area contributed by atoms with Gasteiger partial charge in [-0.1, -0.05) is 32.0 Å². The van der Waals surface area contributed by atoms with Crippen molar-refractivity contribution in [2.75, 3.05) is 18.7 Å². The third kappa shape index (κ3) is 6.03. The highest BCUT2D eigenvalue weighted by Crippen LogP contribution is 2.28. The molecule has 1 unspecified atom stereocenters. The van der Waals surface area contributed by atoms with Crippen LogP contribution in [0.2, 0.25) is 0 Å². The van der Waals surface area contributed by atoms with Crippen LogP contribution < -0.4 is 31.1 Å². The maximum Gasteiger partial charge on any atom is 0.285 e. The van der Waals surface area contributed by atoms with E-state index in [4.69, 9.17) is 15.2 Å². The number of ether oxygens (including phenoxy) is 2. The largest absolute Gasteiger partial charge is 0.493 e. The number of hydrazone groups is 1. The summed E-state index contributed by atoms with van der Waals surface area (Å²) in [4.78, 5) is 37.0. The number of amides is 3. The van der Waals surface area contributed by atoms with Gasteiger partial charge < -0.3 is 15.2 Å². The van der Waals surface area contributed by atoms with E-state index in [9.17, 15) is 14.4 Å². The van der Waals surface area contributed by atoms with Crippen LogP contribution >= 0.6 is 0 Å². The van der Waals surface area contributed by atoms with Gasteiger partial charge in [-0.05, 0) is 42.7 Å². The highest BCUT2D eigenvalue weighted by Gasteiger charge is 2.35. The van der Waals surface area contributed by atoms with E-state index in [1.165, 1.54) is 18.2 Å². The third-order valence-corrected chi connectivity index (χ3v) is 5.19. The summed E-state index contributed by atoms with van der Waals surface area (Å²) in [6, 6.07) is 12.9. The van der Waals surface area contributed by atoms with Crippen molar-refractivity contribution < 1.29 is 23.9 Å². The number of nitrogens with two attached hydrogens (primary N) is 1. The van der Waals surface area contributed by atoms with E-state index in [1.54, 1.807) is 36.4 Å². The molecule has 10 heteroatoms. The smallest absolute Gasteiger partial charge is 0.285 e. The first-order chi connectivity index (χ1) is 16.3. The Labute approximate surface area is 198 Å². The molecule has 0 aromatic heterocycles. The van der Waals surface area contributed by atoms with Crippen LogP contribution in [0.4, 0.5) is 5.69 Å². The van der Waals surface area contributed by atoms with E-state index in [-0.39, 0.29) is 17.7 Å². The lowest BCUT2D eigenvalue weighted by Crippen LogP contribution is -2.45. The predicted octanol–water partition coefficient (Wildman–Crippen LogP) is 2.00. The molecule has 4 N–H and O–H groups in total. The Morgan fingerprint density at radius 2 is 1.79 bits per heavy atom. The number of benzene rings is 2.